The zero-order chi connectivity index (χ0) is 12.8. The number of carbonyl (C=O) groups excluding carboxylic acids is 1. The van der Waals surface area contributed by atoms with Crippen molar-refractivity contribution in [3.05, 3.63) is 16.5 Å². The summed E-state index contributed by atoms with van der Waals surface area (Å²) in [7, 11) is 2.89. The van der Waals surface area contributed by atoms with E-state index in [1.54, 1.807) is 14.0 Å². The molecule has 0 fully saturated rings. The normalized spacial score (nSPS) is 10.1. The first-order valence-electron chi connectivity index (χ1n) is 4.95. The van der Waals surface area contributed by atoms with Crippen LogP contribution in [0.3, 0.4) is 0 Å². The number of ether oxygens (including phenoxy) is 2. The highest BCUT2D eigenvalue weighted by molar-refractivity contribution is 6.28. The predicted octanol–water partition coefficient (Wildman–Crippen LogP) is 1.28. The van der Waals surface area contributed by atoms with Gasteiger partial charge in [0.15, 0.2) is 0 Å². The van der Waals surface area contributed by atoms with E-state index < -0.39 is 5.97 Å². The highest BCUT2D eigenvalue weighted by atomic mass is 35.5. The van der Waals surface area contributed by atoms with Crippen LogP contribution in [0.4, 0.5) is 5.82 Å². The van der Waals surface area contributed by atoms with Crippen LogP contribution in [0, 0.1) is 6.92 Å². The van der Waals surface area contributed by atoms with Gasteiger partial charge in [-0.2, -0.15) is 4.98 Å². The number of rotatable bonds is 5. The first-order chi connectivity index (χ1) is 8.10. The molecule has 0 aromatic carbocycles. The SMILES string of the molecule is COCCNc1nc(Cl)nc(C)c1C(=O)OC. The number of aryl methyl sites for hydroxylation is 1. The van der Waals surface area contributed by atoms with Crippen molar-refractivity contribution in [3.8, 4) is 0 Å². The van der Waals surface area contributed by atoms with E-state index in [4.69, 9.17) is 16.3 Å². The number of carbonyl (C=O) groups is 1. The van der Waals surface area contributed by atoms with Gasteiger partial charge in [0.1, 0.15) is 11.4 Å². The van der Waals surface area contributed by atoms with Gasteiger partial charge in [-0.1, -0.05) is 0 Å². The number of hydrogen-bond acceptors (Lipinski definition) is 6. The monoisotopic (exact) mass is 259 g/mol. The van der Waals surface area contributed by atoms with E-state index in [-0.39, 0.29) is 10.8 Å². The lowest BCUT2D eigenvalue weighted by Crippen LogP contribution is -2.16. The molecule has 0 atom stereocenters. The molecular weight excluding hydrogens is 246 g/mol. The largest absolute Gasteiger partial charge is 0.465 e. The number of anilines is 1. The average molecular weight is 260 g/mol. The first kappa shape index (κ1) is 13.7. The molecule has 0 radical (unpaired) electrons. The Bertz CT molecular complexity index is 412. The molecule has 0 spiro atoms. The summed E-state index contributed by atoms with van der Waals surface area (Å²) >= 11 is 5.74. The highest BCUT2D eigenvalue weighted by Gasteiger charge is 2.18. The Hall–Kier alpha value is -1.40. The molecule has 1 aromatic rings. The molecule has 0 aliphatic rings. The molecule has 0 amide bonds. The summed E-state index contributed by atoms with van der Waals surface area (Å²) < 4.78 is 9.57. The molecule has 17 heavy (non-hydrogen) atoms. The Morgan fingerprint density at radius 2 is 2.12 bits per heavy atom. The number of nitrogens with zero attached hydrogens (tertiary/aromatic N) is 2. The summed E-state index contributed by atoms with van der Waals surface area (Å²) in [6.07, 6.45) is 0. The Labute approximate surface area is 104 Å². The van der Waals surface area contributed by atoms with Crippen molar-refractivity contribution in [3.63, 3.8) is 0 Å². The average Bonchev–Trinajstić information content (AvgIpc) is 2.28. The quantitative estimate of drug-likeness (QED) is 0.488. The minimum atomic E-state index is -0.501. The zero-order valence-corrected chi connectivity index (χ0v) is 10.7. The van der Waals surface area contributed by atoms with Crippen LogP contribution in [0.15, 0.2) is 0 Å². The van der Waals surface area contributed by atoms with Crippen LogP contribution in [0.25, 0.3) is 0 Å². The third kappa shape index (κ3) is 3.54. The van der Waals surface area contributed by atoms with Gasteiger partial charge < -0.3 is 14.8 Å². The van der Waals surface area contributed by atoms with Crippen molar-refractivity contribution in [1.29, 1.82) is 0 Å². The van der Waals surface area contributed by atoms with Crippen LogP contribution < -0.4 is 5.32 Å². The second-order valence-electron chi connectivity index (χ2n) is 3.21. The molecule has 1 aromatic heterocycles. The molecule has 0 unspecified atom stereocenters. The van der Waals surface area contributed by atoms with Gasteiger partial charge in [-0.25, -0.2) is 9.78 Å². The van der Waals surface area contributed by atoms with Crippen molar-refractivity contribution in [1.82, 2.24) is 9.97 Å². The molecule has 0 saturated heterocycles. The fourth-order valence-electron chi connectivity index (χ4n) is 1.28. The molecule has 0 saturated carbocycles. The fourth-order valence-corrected chi connectivity index (χ4v) is 1.50. The molecule has 1 heterocycles. The molecule has 0 bridgehead atoms. The summed E-state index contributed by atoms with van der Waals surface area (Å²) in [6, 6.07) is 0. The van der Waals surface area contributed by atoms with Crippen molar-refractivity contribution in [2.45, 2.75) is 6.92 Å². The molecule has 0 aliphatic heterocycles. The van der Waals surface area contributed by atoms with Crippen LogP contribution in [0.1, 0.15) is 16.1 Å². The smallest absolute Gasteiger partial charge is 0.343 e. The van der Waals surface area contributed by atoms with Crippen LogP contribution in [-0.2, 0) is 9.47 Å². The standard InChI is InChI=1S/C10H14ClN3O3/c1-6-7(9(15)17-3)8(12-4-5-16-2)14-10(11)13-6/h4-5H2,1-3H3,(H,12,13,14). The number of methoxy groups -OCH3 is 2. The van der Waals surface area contributed by atoms with E-state index in [9.17, 15) is 4.79 Å². The van der Waals surface area contributed by atoms with Crippen LogP contribution >= 0.6 is 11.6 Å². The Morgan fingerprint density at radius 1 is 1.41 bits per heavy atom. The Kier molecular flexibility index (Phi) is 5.11. The molecular formula is C10H14ClN3O3. The Morgan fingerprint density at radius 3 is 2.71 bits per heavy atom. The van der Waals surface area contributed by atoms with Crippen molar-refractivity contribution < 1.29 is 14.3 Å². The van der Waals surface area contributed by atoms with E-state index in [2.05, 4.69) is 20.0 Å². The van der Waals surface area contributed by atoms with Gasteiger partial charge in [0, 0.05) is 13.7 Å². The van der Waals surface area contributed by atoms with Crippen molar-refractivity contribution in [2.24, 2.45) is 0 Å². The van der Waals surface area contributed by atoms with Gasteiger partial charge in [0.05, 0.1) is 19.4 Å². The minimum Gasteiger partial charge on any atom is -0.465 e. The van der Waals surface area contributed by atoms with Gasteiger partial charge in [0.2, 0.25) is 5.28 Å². The minimum absolute atomic E-state index is 0.0788. The maximum Gasteiger partial charge on any atom is 0.343 e. The van der Waals surface area contributed by atoms with Crippen molar-refractivity contribution >= 4 is 23.4 Å². The van der Waals surface area contributed by atoms with Gasteiger partial charge in [-0.3, -0.25) is 0 Å². The number of aromatic nitrogens is 2. The van der Waals surface area contributed by atoms with E-state index in [0.717, 1.165) is 0 Å². The van der Waals surface area contributed by atoms with E-state index in [1.165, 1.54) is 7.11 Å². The predicted molar refractivity (Wildman–Crippen MR) is 63.5 cm³/mol. The van der Waals surface area contributed by atoms with E-state index in [1.807, 2.05) is 0 Å². The summed E-state index contributed by atoms with van der Waals surface area (Å²) in [6.45, 7) is 2.66. The van der Waals surface area contributed by atoms with Crippen LogP contribution in [-0.4, -0.2) is 43.3 Å². The number of hydrogen-bond donors (Lipinski definition) is 1. The third-order valence-electron chi connectivity index (χ3n) is 2.05. The van der Waals surface area contributed by atoms with Crippen LogP contribution in [0.2, 0.25) is 5.28 Å². The molecule has 0 aliphatic carbocycles. The summed E-state index contributed by atoms with van der Waals surface area (Å²) in [4.78, 5) is 19.5. The maximum atomic E-state index is 11.6. The lowest BCUT2D eigenvalue weighted by atomic mass is 10.2. The molecule has 7 heteroatoms. The highest BCUT2D eigenvalue weighted by Crippen LogP contribution is 2.19. The van der Waals surface area contributed by atoms with E-state index >= 15 is 0 Å². The van der Waals surface area contributed by atoms with Gasteiger partial charge in [-0.15, -0.1) is 0 Å². The lowest BCUT2D eigenvalue weighted by molar-refractivity contribution is 0.0600. The zero-order valence-electron chi connectivity index (χ0n) is 9.91. The number of nitrogens with one attached hydrogen (secondary N) is 1. The van der Waals surface area contributed by atoms with Gasteiger partial charge in [0.25, 0.3) is 0 Å². The number of esters is 1. The summed E-state index contributed by atoms with van der Waals surface area (Å²) in [5, 5.41) is 3.03. The lowest BCUT2D eigenvalue weighted by Gasteiger charge is -2.11. The number of halogens is 1. The molecule has 1 rings (SSSR count). The van der Waals surface area contributed by atoms with Crippen molar-refractivity contribution in [2.75, 3.05) is 32.7 Å². The Balaban J connectivity index is 3.02. The summed E-state index contributed by atoms with van der Waals surface area (Å²) in [5.41, 5.74) is 0.754. The van der Waals surface area contributed by atoms with E-state index in [0.29, 0.717) is 24.7 Å². The molecule has 94 valence electrons. The third-order valence-corrected chi connectivity index (χ3v) is 2.22. The first-order valence-corrected chi connectivity index (χ1v) is 5.33. The fraction of sp³-hybridized carbons (Fsp3) is 0.500. The van der Waals surface area contributed by atoms with Gasteiger partial charge >= 0.3 is 5.97 Å². The second kappa shape index (κ2) is 6.36. The maximum absolute atomic E-state index is 11.6. The summed E-state index contributed by atoms with van der Waals surface area (Å²) in [5.74, 6) is -0.148. The van der Waals surface area contributed by atoms with Gasteiger partial charge in [-0.05, 0) is 18.5 Å². The molecule has 1 N–H and O–H groups in total. The second-order valence-corrected chi connectivity index (χ2v) is 3.55. The topological polar surface area (TPSA) is 73.3 Å². The van der Waals surface area contributed by atoms with Crippen LogP contribution in [0.5, 0.6) is 0 Å². The molecule has 6 nitrogen and oxygen atoms in total.